The van der Waals surface area contributed by atoms with Crippen molar-refractivity contribution in [1.29, 1.82) is 0 Å². The number of hydrogen-bond donors (Lipinski definition) is 0. The fraction of sp³-hybridized carbons (Fsp3) is 0.214. The molecule has 0 fully saturated rings. The third-order valence-electron chi connectivity index (χ3n) is 2.81. The van der Waals surface area contributed by atoms with E-state index in [-0.39, 0.29) is 11.5 Å². The Kier molecular flexibility index (Phi) is 3.75. The molecular weight excluding hydrogens is 244 g/mol. The second-order valence-corrected chi connectivity index (χ2v) is 4.11. The maximum atomic E-state index is 11.6. The lowest BCUT2D eigenvalue weighted by Crippen LogP contribution is -2.22. The summed E-state index contributed by atoms with van der Waals surface area (Å²) in [6.45, 7) is 1.82. The zero-order valence-electron chi connectivity index (χ0n) is 10.8. The molecule has 5 nitrogen and oxygen atoms in total. The number of benzene rings is 1. The van der Waals surface area contributed by atoms with Gasteiger partial charge in [0.2, 0.25) is 0 Å². The van der Waals surface area contributed by atoms with Gasteiger partial charge in [-0.2, -0.15) is 0 Å². The molecule has 2 rings (SSSR count). The summed E-state index contributed by atoms with van der Waals surface area (Å²) in [6, 6.07) is 6.85. The van der Waals surface area contributed by atoms with Crippen LogP contribution in [0.15, 0.2) is 41.5 Å². The average molecular weight is 258 g/mol. The Labute approximate surface area is 110 Å². The fourth-order valence-corrected chi connectivity index (χ4v) is 1.81. The van der Waals surface area contributed by atoms with E-state index in [0.717, 1.165) is 5.56 Å². The van der Waals surface area contributed by atoms with Crippen molar-refractivity contribution < 1.29 is 9.53 Å². The molecule has 0 spiro atoms. The SMILES string of the molecule is COc1ccc(C(C)=O)cc1Cn1cccnc1=O. The first-order valence-corrected chi connectivity index (χ1v) is 5.81. The normalized spacial score (nSPS) is 10.2. The quantitative estimate of drug-likeness (QED) is 0.780. The number of ketones is 1. The predicted octanol–water partition coefficient (Wildman–Crippen LogP) is 1.50. The van der Waals surface area contributed by atoms with E-state index in [0.29, 0.717) is 17.9 Å². The summed E-state index contributed by atoms with van der Waals surface area (Å²) in [4.78, 5) is 26.7. The molecule has 0 unspecified atom stereocenters. The first-order valence-electron chi connectivity index (χ1n) is 5.81. The minimum atomic E-state index is -0.335. The number of carbonyl (C=O) groups excluding carboxylic acids is 1. The number of aromatic nitrogens is 2. The van der Waals surface area contributed by atoms with Gasteiger partial charge >= 0.3 is 5.69 Å². The smallest absolute Gasteiger partial charge is 0.347 e. The van der Waals surface area contributed by atoms with Gasteiger partial charge in [-0.3, -0.25) is 9.36 Å². The third-order valence-corrected chi connectivity index (χ3v) is 2.81. The van der Waals surface area contributed by atoms with Crippen LogP contribution < -0.4 is 10.4 Å². The molecule has 0 saturated heterocycles. The van der Waals surface area contributed by atoms with Crippen LogP contribution in [0.3, 0.4) is 0 Å². The van der Waals surface area contributed by atoms with E-state index in [9.17, 15) is 9.59 Å². The maximum absolute atomic E-state index is 11.6. The monoisotopic (exact) mass is 258 g/mol. The highest BCUT2D eigenvalue weighted by molar-refractivity contribution is 5.94. The second-order valence-electron chi connectivity index (χ2n) is 4.11. The second kappa shape index (κ2) is 5.48. The topological polar surface area (TPSA) is 61.2 Å². The Balaban J connectivity index is 2.43. The lowest BCUT2D eigenvalue weighted by atomic mass is 10.1. The van der Waals surface area contributed by atoms with Crippen molar-refractivity contribution in [3.05, 3.63) is 58.3 Å². The molecule has 1 heterocycles. The number of methoxy groups -OCH3 is 1. The van der Waals surface area contributed by atoms with Crippen LogP contribution >= 0.6 is 0 Å². The summed E-state index contributed by atoms with van der Waals surface area (Å²) in [7, 11) is 1.55. The summed E-state index contributed by atoms with van der Waals surface area (Å²) in [5, 5.41) is 0. The number of nitrogens with zero attached hydrogens (tertiary/aromatic N) is 2. The van der Waals surface area contributed by atoms with E-state index in [1.807, 2.05) is 0 Å². The van der Waals surface area contributed by atoms with Crippen molar-refractivity contribution in [2.45, 2.75) is 13.5 Å². The molecule has 0 aliphatic carbocycles. The Bertz CT molecular complexity index is 662. The third kappa shape index (κ3) is 2.88. The molecule has 0 N–H and O–H groups in total. The highest BCUT2D eigenvalue weighted by Gasteiger charge is 2.08. The van der Waals surface area contributed by atoms with Crippen LogP contribution in [-0.4, -0.2) is 22.4 Å². The zero-order chi connectivity index (χ0) is 13.8. The molecule has 19 heavy (non-hydrogen) atoms. The molecule has 1 aromatic heterocycles. The molecule has 5 heteroatoms. The van der Waals surface area contributed by atoms with Gasteiger partial charge in [0.15, 0.2) is 5.78 Å². The molecule has 1 aromatic carbocycles. The van der Waals surface area contributed by atoms with Gasteiger partial charge in [0, 0.05) is 23.5 Å². The van der Waals surface area contributed by atoms with Crippen LogP contribution in [0, 0.1) is 0 Å². The first kappa shape index (κ1) is 13.0. The Morgan fingerprint density at radius 3 is 2.84 bits per heavy atom. The van der Waals surface area contributed by atoms with E-state index >= 15 is 0 Å². The highest BCUT2D eigenvalue weighted by atomic mass is 16.5. The van der Waals surface area contributed by atoms with Crippen molar-refractivity contribution in [1.82, 2.24) is 9.55 Å². The molecule has 0 atom stereocenters. The van der Waals surface area contributed by atoms with Crippen molar-refractivity contribution in [3.8, 4) is 5.75 Å². The van der Waals surface area contributed by atoms with Gasteiger partial charge in [-0.05, 0) is 31.2 Å². The summed E-state index contributed by atoms with van der Waals surface area (Å²) in [5.74, 6) is 0.614. The Morgan fingerprint density at radius 1 is 1.42 bits per heavy atom. The van der Waals surface area contributed by atoms with E-state index in [1.165, 1.54) is 17.7 Å². The van der Waals surface area contributed by atoms with Crippen LogP contribution in [0.5, 0.6) is 5.75 Å². The Hall–Kier alpha value is -2.43. The lowest BCUT2D eigenvalue weighted by Gasteiger charge is -2.11. The van der Waals surface area contributed by atoms with Crippen LogP contribution in [0.2, 0.25) is 0 Å². The van der Waals surface area contributed by atoms with E-state index in [1.54, 1.807) is 37.6 Å². The molecule has 0 radical (unpaired) electrons. The van der Waals surface area contributed by atoms with Crippen molar-refractivity contribution in [2.24, 2.45) is 0 Å². The maximum Gasteiger partial charge on any atom is 0.347 e. The minimum absolute atomic E-state index is 0.0255. The van der Waals surface area contributed by atoms with Gasteiger partial charge in [-0.25, -0.2) is 9.78 Å². The van der Waals surface area contributed by atoms with Gasteiger partial charge in [-0.1, -0.05) is 0 Å². The van der Waals surface area contributed by atoms with Crippen LogP contribution in [-0.2, 0) is 6.54 Å². The molecule has 0 saturated carbocycles. The minimum Gasteiger partial charge on any atom is -0.496 e. The number of ether oxygens (including phenoxy) is 1. The van der Waals surface area contributed by atoms with Crippen LogP contribution in [0.25, 0.3) is 0 Å². The van der Waals surface area contributed by atoms with Crippen molar-refractivity contribution >= 4 is 5.78 Å². The number of rotatable bonds is 4. The van der Waals surface area contributed by atoms with E-state index in [4.69, 9.17) is 4.74 Å². The average Bonchev–Trinajstić information content (AvgIpc) is 2.41. The predicted molar refractivity (Wildman–Crippen MR) is 70.6 cm³/mol. The summed E-state index contributed by atoms with van der Waals surface area (Å²) in [6.07, 6.45) is 3.09. The summed E-state index contributed by atoms with van der Waals surface area (Å²) >= 11 is 0. The molecule has 0 amide bonds. The van der Waals surface area contributed by atoms with E-state index in [2.05, 4.69) is 4.98 Å². The van der Waals surface area contributed by atoms with Crippen molar-refractivity contribution in [2.75, 3.05) is 7.11 Å². The highest BCUT2D eigenvalue weighted by Crippen LogP contribution is 2.20. The number of Topliss-reactive ketones (excluding diaryl/α,β-unsaturated/α-hetero) is 1. The molecule has 0 bridgehead atoms. The molecule has 0 aliphatic heterocycles. The van der Waals surface area contributed by atoms with Gasteiger partial charge in [-0.15, -0.1) is 0 Å². The number of carbonyl (C=O) groups is 1. The lowest BCUT2D eigenvalue weighted by molar-refractivity contribution is 0.101. The largest absolute Gasteiger partial charge is 0.496 e. The molecular formula is C14H14N2O3. The van der Waals surface area contributed by atoms with E-state index < -0.39 is 0 Å². The van der Waals surface area contributed by atoms with Gasteiger partial charge < -0.3 is 4.74 Å². The van der Waals surface area contributed by atoms with Gasteiger partial charge in [0.1, 0.15) is 5.75 Å². The van der Waals surface area contributed by atoms with Crippen molar-refractivity contribution in [3.63, 3.8) is 0 Å². The fourth-order valence-electron chi connectivity index (χ4n) is 1.81. The molecule has 98 valence electrons. The number of hydrogen-bond acceptors (Lipinski definition) is 4. The van der Waals surface area contributed by atoms with Gasteiger partial charge in [0.05, 0.1) is 13.7 Å². The van der Waals surface area contributed by atoms with Gasteiger partial charge in [0.25, 0.3) is 0 Å². The Morgan fingerprint density at radius 2 is 2.21 bits per heavy atom. The standard InChI is InChI=1S/C14H14N2O3/c1-10(17)11-4-5-13(19-2)12(8-11)9-16-7-3-6-15-14(16)18/h3-8H,9H2,1-2H3. The molecule has 0 aliphatic rings. The van der Waals surface area contributed by atoms with Crippen LogP contribution in [0.1, 0.15) is 22.8 Å². The molecule has 2 aromatic rings. The first-order chi connectivity index (χ1) is 9.11. The summed E-state index contributed by atoms with van der Waals surface area (Å²) in [5.41, 5.74) is 1.02. The summed E-state index contributed by atoms with van der Waals surface area (Å²) < 4.78 is 6.71. The van der Waals surface area contributed by atoms with Crippen LogP contribution in [0.4, 0.5) is 0 Å². The zero-order valence-corrected chi connectivity index (χ0v) is 10.8.